The summed E-state index contributed by atoms with van der Waals surface area (Å²) in [6.07, 6.45) is -1.04. The van der Waals surface area contributed by atoms with E-state index >= 15 is 0 Å². The highest BCUT2D eigenvalue weighted by Gasteiger charge is 2.39. The van der Waals surface area contributed by atoms with E-state index in [9.17, 15) is 18.0 Å². The monoisotopic (exact) mass is 398 g/mol. The minimum absolute atomic E-state index is 0.101. The van der Waals surface area contributed by atoms with Gasteiger partial charge in [0.2, 0.25) is 0 Å². The molecule has 2 bridgehead atoms. The summed E-state index contributed by atoms with van der Waals surface area (Å²) in [6, 6.07) is 10.6. The number of carbonyl (C=O) groups excluding carboxylic acids is 1. The van der Waals surface area contributed by atoms with Gasteiger partial charge in [-0.25, -0.2) is 0 Å². The van der Waals surface area contributed by atoms with Gasteiger partial charge in [-0.05, 0) is 55.7 Å². The Balaban J connectivity index is 1.37. The third-order valence-electron chi connectivity index (χ3n) is 4.81. The second-order valence-electron chi connectivity index (χ2n) is 6.61. The Kier molecular flexibility index (Phi) is 4.75. The van der Waals surface area contributed by atoms with Gasteiger partial charge in [-0.3, -0.25) is 4.79 Å². The number of hydrogen-bond acceptors (Lipinski definition) is 4. The molecule has 1 amide bonds. The smallest absolute Gasteiger partial charge is 0.348 e. The maximum Gasteiger partial charge on any atom is 0.425 e. The zero-order chi connectivity index (χ0) is 18.3. The van der Waals surface area contributed by atoms with E-state index in [-0.39, 0.29) is 11.9 Å². The fourth-order valence-corrected chi connectivity index (χ4v) is 5.52. The van der Waals surface area contributed by atoms with E-state index in [4.69, 9.17) is 0 Å². The van der Waals surface area contributed by atoms with Gasteiger partial charge in [0, 0.05) is 28.6 Å². The fourth-order valence-electron chi connectivity index (χ4n) is 3.55. The first kappa shape index (κ1) is 17.9. The molecule has 0 spiro atoms. The Morgan fingerprint density at radius 2 is 1.92 bits per heavy atom. The number of rotatable bonds is 4. The number of thiophene rings is 1. The summed E-state index contributed by atoms with van der Waals surface area (Å²) in [4.78, 5) is 12.6. The van der Waals surface area contributed by atoms with Crippen molar-refractivity contribution in [1.82, 2.24) is 10.6 Å². The van der Waals surface area contributed by atoms with E-state index in [0.29, 0.717) is 21.9 Å². The maximum atomic E-state index is 12.7. The summed E-state index contributed by atoms with van der Waals surface area (Å²) >= 11 is 1.99. The standard InChI is InChI=1S/C18H17F3N2OS2/c19-18(20,21)15-7-8-16(26-15)25-12-4-1-10(2-5-12)17(24)23-14-9-11-3-6-13(14)22-11/h1-2,4-5,7-8,11,13-14,22H,3,6,9H2,(H,23,24)/t11-,13+,14-/m1/s1. The number of carbonyl (C=O) groups is 1. The predicted molar refractivity (Wildman–Crippen MR) is 95.7 cm³/mol. The lowest BCUT2D eigenvalue weighted by molar-refractivity contribution is -0.134. The molecule has 2 fully saturated rings. The van der Waals surface area contributed by atoms with Crippen LogP contribution in [-0.4, -0.2) is 24.0 Å². The van der Waals surface area contributed by atoms with E-state index in [1.54, 1.807) is 24.3 Å². The zero-order valence-corrected chi connectivity index (χ0v) is 15.3. The maximum absolute atomic E-state index is 12.7. The highest BCUT2D eigenvalue weighted by atomic mass is 32.2. The lowest BCUT2D eigenvalue weighted by atomic mass is 9.95. The van der Waals surface area contributed by atoms with Gasteiger partial charge in [0.15, 0.2) is 0 Å². The average molecular weight is 398 g/mol. The number of alkyl halides is 3. The fraction of sp³-hybridized carbons (Fsp3) is 0.389. The van der Waals surface area contributed by atoms with Crippen molar-refractivity contribution in [2.45, 2.75) is 52.7 Å². The molecule has 0 saturated carbocycles. The predicted octanol–water partition coefficient (Wildman–Crippen LogP) is 4.54. The van der Waals surface area contributed by atoms with E-state index in [2.05, 4.69) is 10.6 Å². The molecule has 4 rings (SSSR count). The van der Waals surface area contributed by atoms with Crippen LogP contribution in [0.4, 0.5) is 13.2 Å². The lowest BCUT2D eigenvalue weighted by Gasteiger charge is -2.21. The Morgan fingerprint density at radius 3 is 2.50 bits per heavy atom. The second kappa shape index (κ2) is 6.90. The summed E-state index contributed by atoms with van der Waals surface area (Å²) < 4.78 is 38.5. The Labute approximate surface area is 157 Å². The molecule has 26 heavy (non-hydrogen) atoms. The van der Waals surface area contributed by atoms with Crippen molar-refractivity contribution in [3.8, 4) is 0 Å². The quantitative estimate of drug-likeness (QED) is 0.795. The van der Waals surface area contributed by atoms with Crippen molar-refractivity contribution < 1.29 is 18.0 Å². The average Bonchev–Trinajstić information content (AvgIpc) is 3.31. The Morgan fingerprint density at radius 1 is 1.15 bits per heavy atom. The first-order valence-corrected chi connectivity index (χ1v) is 10.0. The largest absolute Gasteiger partial charge is 0.425 e. The summed E-state index contributed by atoms with van der Waals surface area (Å²) in [5.74, 6) is -0.101. The molecular weight excluding hydrogens is 381 g/mol. The second-order valence-corrected chi connectivity index (χ2v) is 9.06. The van der Waals surface area contributed by atoms with Gasteiger partial charge < -0.3 is 10.6 Å². The number of fused-ring (bicyclic) bond motifs is 2. The molecule has 138 valence electrons. The molecule has 0 radical (unpaired) electrons. The van der Waals surface area contributed by atoms with Gasteiger partial charge in [0.1, 0.15) is 4.88 Å². The van der Waals surface area contributed by atoms with Crippen molar-refractivity contribution in [3.63, 3.8) is 0 Å². The normalized spacial score (nSPS) is 24.8. The first-order chi connectivity index (χ1) is 12.4. The number of halogens is 3. The van der Waals surface area contributed by atoms with Gasteiger partial charge >= 0.3 is 6.18 Å². The van der Waals surface area contributed by atoms with Crippen LogP contribution in [0.5, 0.6) is 0 Å². The molecule has 2 aliphatic heterocycles. The van der Waals surface area contributed by atoms with Crippen molar-refractivity contribution in [3.05, 3.63) is 46.8 Å². The van der Waals surface area contributed by atoms with Gasteiger partial charge in [0.25, 0.3) is 5.91 Å². The summed E-state index contributed by atoms with van der Waals surface area (Å²) in [6.45, 7) is 0. The van der Waals surface area contributed by atoms with Crippen molar-refractivity contribution in [1.29, 1.82) is 0 Å². The molecule has 2 saturated heterocycles. The first-order valence-electron chi connectivity index (χ1n) is 8.40. The van der Waals surface area contributed by atoms with E-state index < -0.39 is 11.1 Å². The van der Waals surface area contributed by atoms with Gasteiger partial charge in [-0.1, -0.05) is 11.8 Å². The number of benzene rings is 1. The van der Waals surface area contributed by atoms with Crippen LogP contribution in [0.2, 0.25) is 0 Å². The SMILES string of the molecule is O=C(N[C@@H]1C[C@H]2CC[C@@H]1N2)c1ccc(Sc2ccc(C(F)(F)F)s2)cc1. The molecule has 3 atom stereocenters. The molecule has 2 aliphatic rings. The van der Waals surface area contributed by atoms with Crippen LogP contribution in [0.1, 0.15) is 34.5 Å². The number of amides is 1. The summed E-state index contributed by atoms with van der Waals surface area (Å²) in [5, 5.41) is 6.57. The molecular formula is C18H17F3N2OS2. The van der Waals surface area contributed by atoms with Crippen LogP contribution in [0.3, 0.4) is 0 Å². The number of hydrogen-bond donors (Lipinski definition) is 2. The molecule has 1 aromatic carbocycles. The molecule has 3 nitrogen and oxygen atoms in total. The third kappa shape index (κ3) is 3.77. The highest BCUT2D eigenvalue weighted by Crippen LogP contribution is 2.40. The van der Waals surface area contributed by atoms with E-state index in [1.807, 2.05) is 0 Å². The minimum atomic E-state index is -4.31. The molecule has 0 aliphatic carbocycles. The van der Waals surface area contributed by atoms with E-state index in [1.165, 1.54) is 24.2 Å². The van der Waals surface area contributed by atoms with Gasteiger partial charge in [-0.15, -0.1) is 11.3 Å². The molecule has 1 aromatic heterocycles. The van der Waals surface area contributed by atoms with Gasteiger partial charge in [0.05, 0.1) is 4.21 Å². The molecule has 2 N–H and O–H groups in total. The van der Waals surface area contributed by atoms with Gasteiger partial charge in [-0.2, -0.15) is 13.2 Å². The minimum Gasteiger partial charge on any atom is -0.348 e. The van der Waals surface area contributed by atoms with Crippen molar-refractivity contribution >= 4 is 29.0 Å². The van der Waals surface area contributed by atoms with Crippen LogP contribution >= 0.6 is 23.1 Å². The van der Waals surface area contributed by atoms with Crippen LogP contribution in [-0.2, 0) is 6.18 Å². The topological polar surface area (TPSA) is 41.1 Å². The van der Waals surface area contributed by atoms with E-state index in [0.717, 1.165) is 35.1 Å². The van der Waals surface area contributed by atoms with Crippen molar-refractivity contribution in [2.24, 2.45) is 0 Å². The molecule has 3 heterocycles. The number of nitrogens with one attached hydrogen (secondary N) is 2. The lowest BCUT2D eigenvalue weighted by Crippen LogP contribution is -2.42. The van der Waals surface area contributed by atoms with Crippen LogP contribution in [0.15, 0.2) is 45.5 Å². The summed E-state index contributed by atoms with van der Waals surface area (Å²) in [7, 11) is 0. The zero-order valence-electron chi connectivity index (χ0n) is 13.7. The highest BCUT2D eigenvalue weighted by molar-refractivity contribution is 8.01. The molecule has 0 unspecified atom stereocenters. The van der Waals surface area contributed by atoms with Crippen LogP contribution < -0.4 is 10.6 Å². The summed E-state index contributed by atoms with van der Waals surface area (Å²) in [5.41, 5.74) is 0.569. The molecule has 8 heteroatoms. The van der Waals surface area contributed by atoms with Crippen LogP contribution in [0, 0.1) is 0 Å². The third-order valence-corrected chi connectivity index (χ3v) is 7.08. The molecule has 2 aromatic rings. The Bertz CT molecular complexity index is 804. The van der Waals surface area contributed by atoms with Crippen molar-refractivity contribution in [2.75, 3.05) is 0 Å². The Hall–Kier alpha value is -1.51. The van der Waals surface area contributed by atoms with Crippen LogP contribution in [0.25, 0.3) is 0 Å².